The van der Waals surface area contributed by atoms with Gasteiger partial charge in [0.15, 0.2) is 0 Å². The minimum Gasteiger partial charge on any atom is -0.406 e. The lowest BCUT2D eigenvalue weighted by atomic mass is 10.2. The molecule has 1 rings (SSSR count). The second-order valence-corrected chi connectivity index (χ2v) is 4.28. The average Bonchev–Trinajstić information content (AvgIpc) is 2.36. The maximum atomic E-state index is 12.4. The van der Waals surface area contributed by atoms with E-state index >= 15 is 0 Å². The van der Waals surface area contributed by atoms with Gasteiger partial charge in [0.2, 0.25) is 0 Å². The van der Waals surface area contributed by atoms with Gasteiger partial charge in [-0.15, -0.1) is 24.8 Å². The van der Waals surface area contributed by atoms with Gasteiger partial charge >= 0.3 is 6.36 Å². The largest absolute Gasteiger partial charge is 0.573 e. The van der Waals surface area contributed by atoms with E-state index in [1.807, 2.05) is 0 Å². The van der Waals surface area contributed by atoms with Gasteiger partial charge in [0, 0.05) is 18.0 Å². The van der Waals surface area contributed by atoms with Crippen molar-refractivity contribution >= 4 is 17.5 Å². The van der Waals surface area contributed by atoms with E-state index in [-0.39, 0.29) is 18.0 Å². The molecule has 0 spiro atoms. The Bertz CT molecular complexity index is 464. The Morgan fingerprint density at radius 2 is 1.81 bits per heavy atom. The summed E-state index contributed by atoms with van der Waals surface area (Å²) in [5, 5.41) is 0. The molecular weight excluding hydrogens is 321 g/mol. The number of hydrogen-bond acceptors (Lipinski definition) is 2. The zero-order valence-corrected chi connectivity index (χ0v) is 11.3. The third kappa shape index (κ3) is 6.16. The van der Waals surface area contributed by atoms with Crippen molar-refractivity contribution in [2.24, 2.45) is 0 Å². The van der Waals surface area contributed by atoms with E-state index in [2.05, 4.69) is 4.74 Å². The first-order chi connectivity index (χ1) is 9.73. The number of carbonyl (C=O) groups is 1. The molecule has 0 heterocycles. The van der Waals surface area contributed by atoms with E-state index < -0.39 is 31.0 Å². The van der Waals surface area contributed by atoms with Gasteiger partial charge in [-0.25, -0.2) is 8.78 Å². The molecule has 1 amide bonds. The average molecular weight is 332 g/mol. The van der Waals surface area contributed by atoms with Crippen molar-refractivity contribution in [3.63, 3.8) is 0 Å². The number of nitrogens with zero attached hydrogens (tertiary/aromatic N) is 1. The number of alkyl halides is 6. The minimum absolute atomic E-state index is 0.0321. The van der Waals surface area contributed by atoms with E-state index in [9.17, 15) is 26.7 Å². The molecule has 1 aromatic carbocycles. The van der Waals surface area contributed by atoms with E-state index in [0.29, 0.717) is 0 Å². The Hall–Kier alpha value is -1.57. The van der Waals surface area contributed by atoms with Crippen LogP contribution in [-0.4, -0.2) is 42.6 Å². The second kappa shape index (κ2) is 7.44. The summed E-state index contributed by atoms with van der Waals surface area (Å²) in [6, 6.07) is 4.00. The Kier molecular flexibility index (Phi) is 6.19. The van der Waals surface area contributed by atoms with Crippen molar-refractivity contribution in [2.45, 2.75) is 12.8 Å². The molecular formula is C12H11ClF5NO2. The fraction of sp³-hybridized carbons (Fsp3) is 0.417. The highest BCUT2D eigenvalue weighted by Crippen LogP contribution is 2.23. The van der Waals surface area contributed by atoms with Gasteiger partial charge in [0.1, 0.15) is 5.75 Å². The lowest BCUT2D eigenvalue weighted by Crippen LogP contribution is -2.36. The van der Waals surface area contributed by atoms with E-state index in [4.69, 9.17) is 11.6 Å². The molecule has 0 fully saturated rings. The molecule has 0 radical (unpaired) electrons. The summed E-state index contributed by atoms with van der Waals surface area (Å²) in [6.45, 7) is -0.891. The molecule has 0 saturated heterocycles. The molecule has 0 aliphatic heterocycles. The molecule has 0 bridgehead atoms. The maximum absolute atomic E-state index is 12.4. The van der Waals surface area contributed by atoms with Crippen molar-refractivity contribution in [3.05, 3.63) is 29.8 Å². The summed E-state index contributed by atoms with van der Waals surface area (Å²) in [4.78, 5) is 12.8. The van der Waals surface area contributed by atoms with Crippen molar-refractivity contribution in [3.8, 4) is 5.75 Å². The topological polar surface area (TPSA) is 29.5 Å². The Morgan fingerprint density at radius 3 is 2.24 bits per heavy atom. The summed E-state index contributed by atoms with van der Waals surface area (Å²) in [6.07, 6.45) is -7.57. The van der Waals surface area contributed by atoms with Gasteiger partial charge in [-0.3, -0.25) is 4.79 Å². The number of amides is 1. The Labute approximate surface area is 122 Å². The van der Waals surface area contributed by atoms with Gasteiger partial charge < -0.3 is 9.64 Å². The molecule has 0 aliphatic rings. The van der Waals surface area contributed by atoms with Gasteiger partial charge in [-0.05, 0) is 24.3 Å². The Balaban J connectivity index is 2.81. The zero-order valence-electron chi connectivity index (χ0n) is 10.5. The predicted molar refractivity (Wildman–Crippen MR) is 65.8 cm³/mol. The van der Waals surface area contributed by atoms with Crippen LogP contribution in [0.2, 0.25) is 0 Å². The van der Waals surface area contributed by atoms with Gasteiger partial charge in [-0.2, -0.15) is 0 Å². The van der Waals surface area contributed by atoms with Crippen LogP contribution in [0.1, 0.15) is 10.4 Å². The number of halogens is 6. The highest BCUT2D eigenvalue weighted by atomic mass is 35.5. The first kappa shape index (κ1) is 17.5. The molecule has 0 aliphatic carbocycles. The standard InChI is InChI=1S/C12H11ClF5NO2/c13-5-6-19(7-10(14)15)11(20)8-1-3-9(4-2-8)21-12(16,17)18/h1-4,10H,5-7H2. The van der Waals surface area contributed by atoms with E-state index in [0.717, 1.165) is 29.2 Å². The van der Waals surface area contributed by atoms with Crippen molar-refractivity contribution in [1.29, 1.82) is 0 Å². The van der Waals surface area contributed by atoms with Crippen LogP contribution < -0.4 is 4.74 Å². The quantitative estimate of drug-likeness (QED) is 0.589. The van der Waals surface area contributed by atoms with Crippen molar-refractivity contribution < 1.29 is 31.5 Å². The van der Waals surface area contributed by atoms with Crippen LogP contribution in [-0.2, 0) is 0 Å². The summed E-state index contributed by atoms with van der Waals surface area (Å²) < 4.78 is 64.3. The molecule has 0 N–H and O–H groups in total. The molecule has 0 atom stereocenters. The van der Waals surface area contributed by atoms with E-state index in [1.165, 1.54) is 0 Å². The second-order valence-electron chi connectivity index (χ2n) is 3.90. The van der Waals surface area contributed by atoms with Crippen LogP contribution in [0.25, 0.3) is 0 Å². The molecule has 0 unspecified atom stereocenters. The predicted octanol–water partition coefficient (Wildman–Crippen LogP) is 3.53. The summed E-state index contributed by atoms with van der Waals surface area (Å²) in [5.74, 6) is -1.28. The number of ether oxygens (including phenoxy) is 1. The van der Waals surface area contributed by atoms with E-state index in [1.54, 1.807) is 0 Å². The van der Waals surface area contributed by atoms with Gasteiger partial charge in [-0.1, -0.05) is 0 Å². The summed E-state index contributed by atoms with van der Waals surface area (Å²) >= 11 is 5.43. The number of carbonyl (C=O) groups excluding carboxylic acids is 1. The fourth-order valence-corrected chi connectivity index (χ4v) is 1.73. The molecule has 21 heavy (non-hydrogen) atoms. The number of hydrogen-bond donors (Lipinski definition) is 0. The SMILES string of the molecule is O=C(c1ccc(OC(F)(F)F)cc1)N(CCCl)CC(F)F. The third-order valence-corrected chi connectivity index (χ3v) is 2.50. The Morgan fingerprint density at radius 1 is 1.24 bits per heavy atom. The lowest BCUT2D eigenvalue weighted by Gasteiger charge is -2.21. The lowest BCUT2D eigenvalue weighted by molar-refractivity contribution is -0.274. The van der Waals surface area contributed by atoms with Crippen molar-refractivity contribution in [2.75, 3.05) is 19.0 Å². The van der Waals surface area contributed by atoms with Crippen molar-refractivity contribution in [1.82, 2.24) is 4.90 Å². The minimum atomic E-state index is -4.84. The van der Waals surface area contributed by atoms with Crippen LogP contribution in [0.4, 0.5) is 22.0 Å². The summed E-state index contributed by atoms with van der Waals surface area (Å²) in [5.41, 5.74) is -0.0321. The van der Waals surface area contributed by atoms with Crippen LogP contribution in [0.15, 0.2) is 24.3 Å². The monoisotopic (exact) mass is 331 g/mol. The van der Waals surface area contributed by atoms with Crippen LogP contribution in [0.3, 0.4) is 0 Å². The normalized spacial score (nSPS) is 11.6. The molecule has 118 valence electrons. The maximum Gasteiger partial charge on any atom is 0.573 e. The highest BCUT2D eigenvalue weighted by molar-refractivity contribution is 6.18. The number of benzene rings is 1. The third-order valence-electron chi connectivity index (χ3n) is 2.33. The highest BCUT2D eigenvalue weighted by Gasteiger charge is 2.31. The molecule has 1 aromatic rings. The first-order valence-corrected chi connectivity index (χ1v) is 6.25. The van der Waals surface area contributed by atoms with Gasteiger partial charge in [0.25, 0.3) is 12.3 Å². The first-order valence-electron chi connectivity index (χ1n) is 5.72. The van der Waals surface area contributed by atoms with Crippen LogP contribution in [0.5, 0.6) is 5.75 Å². The van der Waals surface area contributed by atoms with Crippen LogP contribution >= 0.6 is 11.6 Å². The fourth-order valence-electron chi connectivity index (χ4n) is 1.53. The zero-order chi connectivity index (χ0) is 16.0. The molecule has 3 nitrogen and oxygen atoms in total. The molecule has 0 saturated carbocycles. The van der Waals surface area contributed by atoms with Crippen LogP contribution in [0, 0.1) is 0 Å². The smallest absolute Gasteiger partial charge is 0.406 e. The summed E-state index contributed by atoms with van der Waals surface area (Å²) in [7, 11) is 0. The molecule has 9 heteroatoms. The molecule has 0 aromatic heterocycles. The number of rotatable bonds is 6. The van der Waals surface area contributed by atoms with Gasteiger partial charge in [0.05, 0.1) is 6.54 Å².